The van der Waals surface area contributed by atoms with Crippen molar-refractivity contribution in [1.29, 1.82) is 0 Å². The summed E-state index contributed by atoms with van der Waals surface area (Å²) in [6, 6.07) is 14.1. The molecule has 128 valence electrons. The predicted molar refractivity (Wildman–Crippen MR) is 96.5 cm³/mol. The number of para-hydroxylation sites is 1. The van der Waals surface area contributed by atoms with Crippen LogP contribution in [0.15, 0.2) is 59.4 Å². The van der Waals surface area contributed by atoms with Gasteiger partial charge >= 0.3 is 0 Å². The van der Waals surface area contributed by atoms with E-state index >= 15 is 0 Å². The van der Waals surface area contributed by atoms with E-state index in [2.05, 4.69) is 5.32 Å². The smallest absolute Gasteiger partial charge is 0.269 e. The van der Waals surface area contributed by atoms with Crippen LogP contribution >= 0.6 is 11.6 Å². The summed E-state index contributed by atoms with van der Waals surface area (Å²) in [5, 5.41) is 3.06. The zero-order valence-electron chi connectivity index (χ0n) is 13.4. The maximum atomic E-state index is 14.4. The molecule has 3 aromatic rings. The Morgan fingerprint density at radius 2 is 1.68 bits per heavy atom. The van der Waals surface area contributed by atoms with Crippen LogP contribution in [0.1, 0.15) is 6.92 Å². The zero-order valence-corrected chi connectivity index (χ0v) is 14.1. The molecule has 0 aliphatic carbocycles. The number of nitrogens with zero attached hydrogens (tertiary/aromatic N) is 1. The number of nitrogens with one attached hydrogen (secondary N) is 1. The fourth-order valence-electron chi connectivity index (χ4n) is 2.70. The van der Waals surface area contributed by atoms with Crippen molar-refractivity contribution in [3.63, 3.8) is 0 Å². The number of aromatic nitrogens is 1. The lowest BCUT2D eigenvalue weighted by atomic mass is 10.1. The van der Waals surface area contributed by atoms with E-state index in [1.165, 1.54) is 16.7 Å². The molecule has 6 heteroatoms. The third kappa shape index (κ3) is 3.28. The minimum Gasteiger partial charge on any atom is -0.354 e. The van der Waals surface area contributed by atoms with Gasteiger partial charge in [0.15, 0.2) is 0 Å². The molecule has 0 saturated carbocycles. The van der Waals surface area contributed by atoms with Gasteiger partial charge in [0.25, 0.3) is 5.56 Å². The molecule has 1 heterocycles. The molecule has 0 unspecified atom stereocenters. The molecule has 1 aromatic heterocycles. The number of rotatable bonds is 4. The first-order valence-corrected chi connectivity index (χ1v) is 8.10. The highest BCUT2D eigenvalue weighted by atomic mass is 35.5. The largest absolute Gasteiger partial charge is 0.354 e. The van der Waals surface area contributed by atoms with Gasteiger partial charge in [0, 0.05) is 12.2 Å². The molecule has 0 bridgehead atoms. The van der Waals surface area contributed by atoms with Crippen molar-refractivity contribution >= 4 is 23.0 Å². The summed E-state index contributed by atoms with van der Waals surface area (Å²) < 4.78 is 30.0. The lowest BCUT2D eigenvalue weighted by Crippen LogP contribution is -2.23. The minimum atomic E-state index is -0.750. The lowest BCUT2D eigenvalue weighted by molar-refractivity contribution is 0.584. The number of anilines is 2. The SMILES string of the molecule is CCn1c(-c2c(F)cccc2F)c(Nc2ccccc2)cc(Cl)c1=O. The first-order valence-electron chi connectivity index (χ1n) is 7.72. The van der Waals surface area contributed by atoms with Crippen LogP contribution in [0.3, 0.4) is 0 Å². The normalized spacial score (nSPS) is 10.7. The molecule has 0 aliphatic heterocycles. The van der Waals surface area contributed by atoms with E-state index in [4.69, 9.17) is 11.6 Å². The summed E-state index contributed by atoms with van der Waals surface area (Å²) in [7, 11) is 0. The first-order chi connectivity index (χ1) is 12.0. The summed E-state index contributed by atoms with van der Waals surface area (Å²) in [5.41, 5.74) is 0.410. The summed E-state index contributed by atoms with van der Waals surface area (Å²) in [4.78, 5) is 12.4. The van der Waals surface area contributed by atoms with Gasteiger partial charge in [-0.05, 0) is 37.3 Å². The summed E-state index contributed by atoms with van der Waals surface area (Å²) >= 11 is 6.04. The molecule has 1 N–H and O–H groups in total. The van der Waals surface area contributed by atoms with Gasteiger partial charge in [-0.2, -0.15) is 0 Å². The van der Waals surface area contributed by atoms with Crippen LogP contribution in [0, 0.1) is 11.6 Å². The molecule has 2 aromatic carbocycles. The Morgan fingerprint density at radius 1 is 1.04 bits per heavy atom. The second-order valence-corrected chi connectivity index (χ2v) is 5.80. The van der Waals surface area contributed by atoms with Gasteiger partial charge in [0.05, 0.1) is 16.9 Å². The molecular weight excluding hydrogens is 346 g/mol. The number of halogens is 3. The van der Waals surface area contributed by atoms with E-state index in [0.29, 0.717) is 11.4 Å². The standard InChI is InChI=1S/C19H15ClF2N2O/c1-2-24-18(17-14(21)9-6-10-15(17)22)16(11-13(20)19(24)25)23-12-7-4-3-5-8-12/h3-11,23H,2H2,1H3. The van der Waals surface area contributed by atoms with Crippen molar-refractivity contribution in [2.45, 2.75) is 13.5 Å². The Balaban J connectivity index is 2.31. The maximum absolute atomic E-state index is 14.4. The zero-order chi connectivity index (χ0) is 18.0. The van der Waals surface area contributed by atoms with E-state index in [1.54, 1.807) is 19.1 Å². The van der Waals surface area contributed by atoms with E-state index < -0.39 is 17.2 Å². The van der Waals surface area contributed by atoms with Gasteiger partial charge in [-0.25, -0.2) is 8.78 Å². The highest BCUT2D eigenvalue weighted by Crippen LogP contribution is 2.34. The Kier molecular flexibility index (Phi) is 4.86. The van der Waals surface area contributed by atoms with Crippen LogP contribution in [0.2, 0.25) is 5.02 Å². The fourth-order valence-corrected chi connectivity index (χ4v) is 2.91. The van der Waals surface area contributed by atoms with Crippen LogP contribution in [0.25, 0.3) is 11.3 Å². The second kappa shape index (κ2) is 7.07. The molecular formula is C19H15ClF2N2O. The summed E-state index contributed by atoms with van der Waals surface area (Å²) in [5.74, 6) is -1.50. The van der Waals surface area contributed by atoms with Crippen molar-refractivity contribution in [3.8, 4) is 11.3 Å². The molecule has 0 fully saturated rings. The Hall–Kier alpha value is -2.66. The van der Waals surface area contributed by atoms with E-state index in [1.807, 2.05) is 18.2 Å². The molecule has 3 rings (SSSR count). The van der Waals surface area contributed by atoms with Crippen molar-refractivity contribution in [1.82, 2.24) is 4.57 Å². The average Bonchev–Trinajstić information content (AvgIpc) is 2.60. The highest BCUT2D eigenvalue weighted by molar-refractivity contribution is 6.30. The van der Waals surface area contributed by atoms with Crippen LogP contribution in [-0.4, -0.2) is 4.57 Å². The molecule has 0 saturated heterocycles. The highest BCUT2D eigenvalue weighted by Gasteiger charge is 2.21. The fraction of sp³-hybridized carbons (Fsp3) is 0.105. The Morgan fingerprint density at radius 3 is 2.28 bits per heavy atom. The summed E-state index contributed by atoms with van der Waals surface area (Å²) in [6.07, 6.45) is 0. The first kappa shape index (κ1) is 17.2. The van der Waals surface area contributed by atoms with Crippen molar-refractivity contribution in [2.24, 2.45) is 0 Å². The number of benzene rings is 2. The third-order valence-electron chi connectivity index (χ3n) is 3.81. The van der Waals surface area contributed by atoms with Gasteiger partial charge in [0.2, 0.25) is 0 Å². The van der Waals surface area contributed by atoms with Gasteiger partial charge < -0.3 is 9.88 Å². The number of hydrogen-bond donors (Lipinski definition) is 1. The molecule has 0 radical (unpaired) electrons. The second-order valence-electron chi connectivity index (χ2n) is 5.39. The van der Waals surface area contributed by atoms with Crippen molar-refractivity contribution in [3.05, 3.63) is 81.6 Å². The number of pyridine rings is 1. The molecule has 0 spiro atoms. The minimum absolute atomic E-state index is 0.0271. The van der Waals surface area contributed by atoms with Crippen molar-refractivity contribution < 1.29 is 8.78 Å². The van der Waals surface area contributed by atoms with Crippen LogP contribution in [0.4, 0.5) is 20.2 Å². The van der Waals surface area contributed by atoms with Gasteiger partial charge in [-0.3, -0.25) is 4.79 Å². The van der Waals surface area contributed by atoms with Crippen LogP contribution in [-0.2, 0) is 6.54 Å². The quantitative estimate of drug-likeness (QED) is 0.693. The average molecular weight is 361 g/mol. The Bertz CT molecular complexity index is 951. The van der Waals surface area contributed by atoms with E-state index in [-0.39, 0.29) is 22.8 Å². The summed E-state index contributed by atoms with van der Waals surface area (Å²) in [6.45, 7) is 1.93. The Labute approximate surface area is 148 Å². The van der Waals surface area contributed by atoms with Crippen LogP contribution < -0.4 is 10.9 Å². The molecule has 25 heavy (non-hydrogen) atoms. The van der Waals surface area contributed by atoms with Gasteiger partial charge in [0.1, 0.15) is 16.7 Å². The topological polar surface area (TPSA) is 34.0 Å². The molecule has 0 aliphatic rings. The molecule has 0 atom stereocenters. The monoisotopic (exact) mass is 360 g/mol. The van der Waals surface area contributed by atoms with Gasteiger partial charge in [-0.1, -0.05) is 35.9 Å². The third-order valence-corrected chi connectivity index (χ3v) is 4.08. The van der Waals surface area contributed by atoms with Crippen LogP contribution in [0.5, 0.6) is 0 Å². The predicted octanol–water partition coefficient (Wildman–Crippen LogP) is 5.21. The number of hydrogen-bond acceptors (Lipinski definition) is 2. The maximum Gasteiger partial charge on any atom is 0.269 e. The molecule has 0 amide bonds. The molecule has 3 nitrogen and oxygen atoms in total. The lowest BCUT2D eigenvalue weighted by Gasteiger charge is -2.19. The van der Waals surface area contributed by atoms with E-state index in [9.17, 15) is 13.6 Å². The van der Waals surface area contributed by atoms with Gasteiger partial charge in [-0.15, -0.1) is 0 Å². The van der Waals surface area contributed by atoms with E-state index in [0.717, 1.165) is 12.1 Å². The van der Waals surface area contributed by atoms with Crippen molar-refractivity contribution in [2.75, 3.05) is 5.32 Å².